The minimum absolute atomic E-state index is 0.102. The molecule has 6 atom stereocenters. The Morgan fingerprint density at radius 1 is 0.745 bits per heavy atom. The fourth-order valence-electron chi connectivity index (χ4n) is 7.96. The molecule has 0 radical (unpaired) electrons. The van der Waals surface area contributed by atoms with Gasteiger partial charge in [-0.25, -0.2) is 19.6 Å². The van der Waals surface area contributed by atoms with Gasteiger partial charge in [-0.05, 0) is 113 Å². The Labute approximate surface area is 296 Å². The van der Waals surface area contributed by atoms with Crippen LogP contribution in [0, 0.1) is 23.7 Å². The van der Waals surface area contributed by atoms with Crippen molar-refractivity contribution < 1.29 is 19.1 Å². The van der Waals surface area contributed by atoms with Crippen molar-refractivity contribution in [2.45, 2.75) is 96.2 Å². The summed E-state index contributed by atoms with van der Waals surface area (Å²) in [5.41, 5.74) is 4.78. The van der Waals surface area contributed by atoms with E-state index in [9.17, 15) is 9.59 Å². The van der Waals surface area contributed by atoms with Crippen LogP contribution in [0.1, 0.15) is 84.5 Å². The summed E-state index contributed by atoms with van der Waals surface area (Å²) >= 11 is 0. The van der Waals surface area contributed by atoms with Crippen molar-refractivity contribution >= 4 is 34.0 Å². The van der Waals surface area contributed by atoms with E-state index in [1.807, 2.05) is 58.7 Å². The molecule has 2 amide bonds. The van der Waals surface area contributed by atoms with Crippen LogP contribution in [0.4, 0.5) is 9.59 Å². The van der Waals surface area contributed by atoms with E-state index in [2.05, 4.69) is 70.3 Å². The quantitative estimate of drug-likeness (QED) is 0.184. The van der Waals surface area contributed by atoms with Crippen LogP contribution in [0.3, 0.4) is 0 Å². The summed E-state index contributed by atoms with van der Waals surface area (Å²) in [6, 6.07) is 18.9. The number of ether oxygens (including phenoxy) is 2. The van der Waals surface area contributed by atoms with Gasteiger partial charge in [-0.1, -0.05) is 42.2 Å². The highest BCUT2D eigenvalue weighted by molar-refractivity contribution is 5.92. The van der Waals surface area contributed by atoms with Gasteiger partial charge in [-0.15, -0.1) is 0 Å². The summed E-state index contributed by atoms with van der Waals surface area (Å²) in [7, 11) is 0. The highest BCUT2D eigenvalue weighted by Crippen LogP contribution is 2.53. The van der Waals surface area contributed by atoms with Crippen LogP contribution in [-0.4, -0.2) is 65.2 Å². The average Bonchev–Trinajstić information content (AvgIpc) is 3.42. The number of aromatic nitrogens is 4. The van der Waals surface area contributed by atoms with E-state index in [0.717, 1.165) is 75.1 Å². The number of piperidine rings is 1. The number of nitrogens with one attached hydrogen (secondary N) is 2. The molecule has 9 rings (SSSR count). The third-order valence-electron chi connectivity index (χ3n) is 10.4. The molecule has 260 valence electrons. The van der Waals surface area contributed by atoms with Gasteiger partial charge in [0.25, 0.3) is 0 Å². The predicted molar refractivity (Wildman–Crippen MR) is 194 cm³/mol. The zero-order valence-corrected chi connectivity index (χ0v) is 29.8. The van der Waals surface area contributed by atoms with Crippen molar-refractivity contribution in [3.05, 3.63) is 72.4 Å². The Bertz CT molecular complexity index is 2300. The largest absolute Gasteiger partial charge is 0.444 e. The summed E-state index contributed by atoms with van der Waals surface area (Å²) in [5.74, 6) is 8.59. The number of hydrogen-bond donors (Lipinski definition) is 2. The number of carbonyl (C=O) groups is 2. The van der Waals surface area contributed by atoms with Crippen LogP contribution in [0.5, 0.6) is 0 Å². The molecule has 3 aromatic carbocycles. The highest BCUT2D eigenvalue weighted by Gasteiger charge is 2.56. The van der Waals surface area contributed by atoms with Gasteiger partial charge in [0.2, 0.25) is 0 Å². The third kappa shape index (κ3) is 5.69. The smallest absolute Gasteiger partial charge is 0.411 e. The molecule has 4 aliphatic rings. The number of amides is 2. The van der Waals surface area contributed by atoms with Gasteiger partial charge < -0.3 is 19.4 Å². The van der Waals surface area contributed by atoms with Gasteiger partial charge in [-0.2, -0.15) is 0 Å². The Morgan fingerprint density at radius 3 is 2.10 bits per heavy atom. The molecule has 2 saturated heterocycles. The minimum Gasteiger partial charge on any atom is -0.444 e. The lowest BCUT2D eigenvalue weighted by molar-refractivity contribution is 0.0160. The first-order valence-electron chi connectivity index (χ1n) is 17.9. The number of imidazole rings is 2. The number of carbonyl (C=O) groups excluding carboxylic acids is 2. The van der Waals surface area contributed by atoms with Gasteiger partial charge >= 0.3 is 12.2 Å². The summed E-state index contributed by atoms with van der Waals surface area (Å²) in [6.45, 7) is 11.3. The first-order chi connectivity index (χ1) is 24.3. The van der Waals surface area contributed by atoms with Gasteiger partial charge in [-0.3, -0.25) is 9.80 Å². The second-order valence-electron chi connectivity index (χ2n) is 16.5. The van der Waals surface area contributed by atoms with Gasteiger partial charge in [0.1, 0.15) is 28.9 Å². The summed E-state index contributed by atoms with van der Waals surface area (Å²) in [6.07, 6.45) is 3.94. The molecule has 2 aliphatic carbocycles. The number of H-pyrrole nitrogens is 2. The third-order valence-corrected chi connectivity index (χ3v) is 10.4. The lowest BCUT2D eigenvalue weighted by Gasteiger charge is -2.31. The number of hydrogen-bond acceptors (Lipinski definition) is 6. The molecule has 0 spiro atoms. The maximum Gasteiger partial charge on any atom is 0.411 e. The first kappa shape index (κ1) is 31.7. The second-order valence-corrected chi connectivity index (χ2v) is 16.5. The molecule has 4 heterocycles. The Morgan fingerprint density at radius 2 is 1.39 bits per heavy atom. The number of likely N-dealkylation sites (tertiary alicyclic amines) is 2. The second kappa shape index (κ2) is 11.1. The van der Waals surface area contributed by atoms with E-state index in [1.54, 1.807) is 4.90 Å². The fraction of sp³-hybridized carbons (Fsp3) is 0.415. The molecule has 3 fully saturated rings. The van der Waals surface area contributed by atoms with E-state index < -0.39 is 11.2 Å². The molecule has 10 nitrogen and oxygen atoms in total. The number of aromatic amines is 2. The Kier molecular flexibility index (Phi) is 6.89. The summed E-state index contributed by atoms with van der Waals surface area (Å²) in [5, 5.41) is 2.25. The summed E-state index contributed by atoms with van der Waals surface area (Å²) in [4.78, 5) is 46.6. The number of nitrogens with zero attached hydrogens (tertiary/aromatic N) is 4. The van der Waals surface area contributed by atoms with Crippen LogP contribution < -0.4 is 0 Å². The molecule has 2 aliphatic heterocycles. The van der Waals surface area contributed by atoms with Gasteiger partial charge in [0.15, 0.2) is 0 Å². The van der Waals surface area contributed by atoms with Crippen molar-refractivity contribution in [1.82, 2.24) is 29.7 Å². The van der Waals surface area contributed by atoms with Crippen LogP contribution in [-0.2, 0) is 9.47 Å². The van der Waals surface area contributed by atoms with Gasteiger partial charge in [0.05, 0.1) is 40.9 Å². The Hall–Kier alpha value is -5.30. The molecular weight excluding hydrogens is 640 g/mol. The molecule has 0 bridgehead atoms. The normalized spacial score (nSPS) is 24.9. The zero-order chi connectivity index (χ0) is 35.4. The lowest BCUT2D eigenvalue weighted by atomic mass is 9.92. The van der Waals surface area contributed by atoms with Crippen molar-refractivity contribution in [2.24, 2.45) is 11.8 Å². The molecular formula is C41H42N6O4. The fourth-order valence-corrected chi connectivity index (χ4v) is 7.96. The average molecular weight is 683 g/mol. The number of fused-ring (bicyclic) bond motifs is 4. The van der Waals surface area contributed by atoms with E-state index in [-0.39, 0.29) is 42.3 Å². The van der Waals surface area contributed by atoms with E-state index in [4.69, 9.17) is 19.4 Å². The molecule has 5 aromatic rings. The van der Waals surface area contributed by atoms with Crippen molar-refractivity contribution in [1.29, 1.82) is 0 Å². The molecule has 51 heavy (non-hydrogen) atoms. The van der Waals surface area contributed by atoms with E-state index >= 15 is 0 Å². The predicted octanol–water partition coefficient (Wildman–Crippen LogP) is 8.53. The first-order valence-corrected chi connectivity index (χ1v) is 17.9. The molecule has 2 N–H and O–H groups in total. The van der Waals surface area contributed by atoms with E-state index in [1.165, 1.54) is 0 Å². The number of benzene rings is 3. The molecule has 1 saturated carbocycles. The number of rotatable bonds is 4. The Balaban J connectivity index is 0.942. The van der Waals surface area contributed by atoms with Gasteiger partial charge in [0, 0.05) is 11.6 Å². The van der Waals surface area contributed by atoms with Crippen molar-refractivity contribution in [2.75, 3.05) is 0 Å². The standard InChI is InChI=1S/C41H42N6O4/c1-40(2,3)50-38(48)46-32-14-12-27(32)18-35(46)37-43-29-13-11-25(17-30(29)44-37)23-7-8-24-16-26(10-9-22(24)15-23)31-21-42-36(45-31)34-20-28-19-33(28)47(34)39(49)51-41(4,5)6/h7-11,13,15-17,21,27-28,32-35H,18-20H2,1-6H3,(H,42,45)(H,43,44)/t27-,28-,32-,33-,34+,35+/m1/s1. The molecule has 10 heteroatoms. The molecule has 0 unspecified atom stereocenters. The SMILES string of the molecule is CC(C)(C)OC(=O)N1[C@@H]2C#C[C@@H]2C[C@H]1c1nc2ccc(-c3ccc4cc(-c5cnc([C@@H]6C[C@H]7C[C@H]7N6C(=O)OC(C)(C)C)[nH]5)ccc4c3)cc2[nH]1. The maximum atomic E-state index is 13.2. The van der Waals surface area contributed by atoms with Crippen molar-refractivity contribution in [3.8, 4) is 34.2 Å². The van der Waals surface area contributed by atoms with Crippen LogP contribution in [0.25, 0.3) is 44.2 Å². The van der Waals surface area contributed by atoms with Crippen molar-refractivity contribution in [3.63, 3.8) is 0 Å². The van der Waals surface area contributed by atoms with Crippen LogP contribution in [0.15, 0.2) is 60.8 Å². The van der Waals surface area contributed by atoms with Crippen LogP contribution in [0.2, 0.25) is 0 Å². The maximum absolute atomic E-state index is 13.2. The topological polar surface area (TPSA) is 116 Å². The highest BCUT2D eigenvalue weighted by atomic mass is 16.6. The molecule has 2 aromatic heterocycles. The minimum atomic E-state index is -0.591. The zero-order valence-electron chi connectivity index (χ0n) is 29.8. The van der Waals surface area contributed by atoms with E-state index in [0.29, 0.717) is 5.92 Å². The lowest BCUT2D eigenvalue weighted by Crippen LogP contribution is -2.43. The van der Waals surface area contributed by atoms with Crippen LogP contribution >= 0.6 is 0 Å². The monoisotopic (exact) mass is 682 g/mol. The summed E-state index contributed by atoms with van der Waals surface area (Å²) < 4.78 is 11.5.